The number of hydrogen-bond acceptors (Lipinski definition) is 6. The Balaban J connectivity index is 1.65. The molecule has 0 fully saturated rings. The molecule has 3 rings (SSSR count). The van der Waals surface area contributed by atoms with Crippen molar-refractivity contribution in [2.75, 3.05) is 5.32 Å². The molecule has 0 radical (unpaired) electrons. The average molecular weight is 403 g/mol. The first kappa shape index (κ1) is 19.2. The summed E-state index contributed by atoms with van der Waals surface area (Å²) >= 11 is 0.799. The Morgan fingerprint density at radius 1 is 0.963 bits per heavy atom. The number of nitrogens with zero attached hydrogens (tertiary/aromatic N) is 2. The molecule has 0 aliphatic rings. The molecule has 0 spiro atoms. The van der Waals surface area contributed by atoms with Crippen molar-refractivity contribution in [1.82, 2.24) is 14.9 Å². The van der Waals surface area contributed by atoms with Gasteiger partial charge in [-0.2, -0.15) is 0 Å². The summed E-state index contributed by atoms with van der Waals surface area (Å²) in [6, 6.07) is 14.5. The van der Waals surface area contributed by atoms with Gasteiger partial charge in [-0.25, -0.2) is 13.1 Å². The Labute approximate surface area is 161 Å². The van der Waals surface area contributed by atoms with Gasteiger partial charge in [-0.15, -0.1) is 10.2 Å². The van der Waals surface area contributed by atoms with Crippen LogP contribution in [0.25, 0.3) is 0 Å². The summed E-state index contributed by atoms with van der Waals surface area (Å²) < 4.78 is 27.0. The van der Waals surface area contributed by atoms with E-state index < -0.39 is 10.0 Å². The maximum Gasteiger partial charge on any atom is 0.270 e. The van der Waals surface area contributed by atoms with Crippen LogP contribution in [0.15, 0.2) is 52.9 Å². The van der Waals surface area contributed by atoms with Gasteiger partial charge in [-0.05, 0) is 31.5 Å². The Kier molecular flexibility index (Phi) is 5.64. The second-order valence-corrected chi connectivity index (χ2v) is 8.92. The van der Waals surface area contributed by atoms with Crippen molar-refractivity contribution in [3.8, 4) is 0 Å². The summed E-state index contributed by atoms with van der Waals surface area (Å²) in [6.45, 7) is 4.03. The molecule has 0 saturated heterocycles. The summed E-state index contributed by atoms with van der Waals surface area (Å²) in [6.07, 6.45) is 0. The molecule has 0 aliphatic heterocycles. The third kappa shape index (κ3) is 4.97. The van der Waals surface area contributed by atoms with E-state index >= 15 is 0 Å². The molecule has 1 aromatic heterocycles. The molecule has 7 nitrogen and oxygen atoms in total. The van der Waals surface area contributed by atoms with E-state index in [1.54, 1.807) is 12.1 Å². The minimum absolute atomic E-state index is 0.122. The van der Waals surface area contributed by atoms with Crippen LogP contribution in [0.4, 0.5) is 5.13 Å². The van der Waals surface area contributed by atoms with Crippen molar-refractivity contribution in [2.24, 2.45) is 0 Å². The molecule has 9 heteroatoms. The topological polar surface area (TPSA) is 101 Å². The van der Waals surface area contributed by atoms with Crippen LogP contribution in [-0.2, 0) is 16.6 Å². The van der Waals surface area contributed by atoms with Gasteiger partial charge in [-0.1, -0.05) is 58.9 Å². The van der Waals surface area contributed by atoms with Gasteiger partial charge in [0.1, 0.15) is 0 Å². The molecule has 0 aliphatic carbocycles. The number of anilines is 1. The zero-order valence-corrected chi connectivity index (χ0v) is 16.4. The van der Waals surface area contributed by atoms with Gasteiger partial charge in [0, 0.05) is 12.1 Å². The number of aromatic nitrogens is 2. The molecule has 0 atom stereocenters. The SMILES string of the molecule is Cc1ccc(CNS(=O)(=O)c2nnc(NC(=O)c3ccc(C)cc3)s2)cc1. The number of hydrogen-bond donors (Lipinski definition) is 2. The van der Waals surface area contributed by atoms with Crippen molar-refractivity contribution >= 4 is 32.4 Å². The lowest BCUT2D eigenvalue weighted by Crippen LogP contribution is -2.23. The standard InChI is InChI=1S/C18H18N4O3S2/c1-12-3-7-14(8-4-12)11-19-27(24,25)18-22-21-17(26-18)20-16(23)15-9-5-13(2)6-10-15/h3-10,19H,11H2,1-2H3,(H,20,21,23). The third-order valence-electron chi connectivity index (χ3n) is 3.76. The van der Waals surface area contributed by atoms with Crippen LogP contribution in [0.3, 0.4) is 0 Å². The fourth-order valence-electron chi connectivity index (χ4n) is 2.19. The van der Waals surface area contributed by atoms with Crippen LogP contribution in [0.2, 0.25) is 0 Å². The number of rotatable bonds is 6. The van der Waals surface area contributed by atoms with E-state index in [0.717, 1.165) is 28.0 Å². The van der Waals surface area contributed by atoms with Crippen molar-refractivity contribution in [2.45, 2.75) is 24.7 Å². The maximum absolute atomic E-state index is 12.4. The third-order valence-corrected chi connectivity index (χ3v) is 6.36. The first-order valence-electron chi connectivity index (χ1n) is 8.10. The van der Waals surface area contributed by atoms with Crippen molar-refractivity contribution in [1.29, 1.82) is 0 Å². The minimum atomic E-state index is -3.81. The van der Waals surface area contributed by atoms with Crippen molar-refractivity contribution < 1.29 is 13.2 Å². The second-order valence-electron chi connectivity index (χ2n) is 6.00. The molecule has 140 valence electrons. The van der Waals surface area contributed by atoms with Gasteiger partial charge >= 0.3 is 0 Å². The van der Waals surface area contributed by atoms with Gasteiger partial charge in [0.25, 0.3) is 15.9 Å². The number of carbonyl (C=O) groups is 1. The molecule has 0 unspecified atom stereocenters. The van der Waals surface area contributed by atoms with Gasteiger partial charge in [-0.3, -0.25) is 10.1 Å². The zero-order chi connectivity index (χ0) is 19.4. The smallest absolute Gasteiger partial charge is 0.270 e. The van der Waals surface area contributed by atoms with Crippen LogP contribution in [0, 0.1) is 13.8 Å². The minimum Gasteiger partial charge on any atom is -0.296 e. The number of amides is 1. The molecule has 2 N–H and O–H groups in total. The maximum atomic E-state index is 12.4. The largest absolute Gasteiger partial charge is 0.296 e. The number of benzene rings is 2. The number of sulfonamides is 1. The second kappa shape index (κ2) is 7.95. The van der Waals surface area contributed by atoms with Crippen LogP contribution in [0.1, 0.15) is 27.0 Å². The van der Waals surface area contributed by atoms with E-state index in [1.165, 1.54) is 0 Å². The molecule has 2 aromatic carbocycles. The van der Waals surface area contributed by atoms with Gasteiger partial charge in [0.2, 0.25) is 9.47 Å². The Morgan fingerprint density at radius 3 is 2.19 bits per heavy atom. The van der Waals surface area contributed by atoms with Gasteiger partial charge in [0.05, 0.1) is 0 Å². The summed E-state index contributed by atoms with van der Waals surface area (Å²) in [4.78, 5) is 12.2. The lowest BCUT2D eigenvalue weighted by atomic mass is 10.1. The Bertz CT molecular complexity index is 1040. The summed E-state index contributed by atoms with van der Waals surface area (Å²) in [5.74, 6) is -0.372. The van der Waals surface area contributed by atoms with Crippen LogP contribution < -0.4 is 10.0 Å². The number of nitrogens with one attached hydrogen (secondary N) is 2. The molecular weight excluding hydrogens is 384 g/mol. The highest BCUT2D eigenvalue weighted by Gasteiger charge is 2.21. The van der Waals surface area contributed by atoms with Crippen molar-refractivity contribution in [3.05, 3.63) is 70.8 Å². The van der Waals surface area contributed by atoms with E-state index in [2.05, 4.69) is 20.2 Å². The fourth-order valence-corrected chi connectivity index (χ4v) is 4.14. The normalized spacial score (nSPS) is 11.3. The van der Waals surface area contributed by atoms with E-state index in [-0.39, 0.29) is 21.9 Å². The lowest BCUT2D eigenvalue weighted by Gasteiger charge is -2.04. The highest BCUT2D eigenvalue weighted by atomic mass is 32.2. The van der Waals surface area contributed by atoms with Crippen molar-refractivity contribution in [3.63, 3.8) is 0 Å². The molecule has 3 aromatic rings. The molecule has 0 saturated carbocycles. The number of carbonyl (C=O) groups excluding carboxylic acids is 1. The van der Waals surface area contributed by atoms with Crippen LogP contribution >= 0.6 is 11.3 Å². The van der Waals surface area contributed by atoms with E-state index in [4.69, 9.17) is 0 Å². The predicted molar refractivity (Wildman–Crippen MR) is 104 cm³/mol. The van der Waals surface area contributed by atoms with Gasteiger partial charge < -0.3 is 0 Å². The summed E-state index contributed by atoms with van der Waals surface area (Å²) in [5, 5.41) is 10.1. The fraction of sp³-hybridized carbons (Fsp3) is 0.167. The van der Waals surface area contributed by atoms with Crippen LogP contribution in [-0.4, -0.2) is 24.5 Å². The lowest BCUT2D eigenvalue weighted by molar-refractivity contribution is 0.102. The Hall–Kier alpha value is -2.62. The van der Waals surface area contributed by atoms with E-state index in [1.807, 2.05) is 50.2 Å². The molecule has 27 heavy (non-hydrogen) atoms. The first-order valence-corrected chi connectivity index (χ1v) is 10.4. The molecular formula is C18H18N4O3S2. The first-order chi connectivity index (χ1) is 12.8. The summed E-state index contributed by atoms with van der Waals surface area (Å²) in [7, 11) is -3.81. The zero-order valence-electron chi connectivity index (χ0n) is 14.8. The molecule has 1 amide bonds. The van der Waals surface area contributed by atoms with Crippen LogP contribution in [0.5, 0.6) is 0 Å². The monoisotopic (exact) mass is 402 g/mol. The molecule has 0 bridgehead atoms. The molecule has 1 heterocycles. The summed E-state index contributed by atoms with van der Waals surface area (Å²) in [5.41, 5.74) is 3.43. The van der Waals surface area contributed by atoms with E-state index in [0.29, 0.717) is 5.56 Å². The number of aryl methyl sites for hydroxylation is 2. The van der Waals surface area contributed by atoms with E-state index in [9.17, 15) is 13.2 Å². The quantitative estimate of drug-likeness (QED) is 0.618. The predicted octanol–water partition coefficient (Wildman–Crippen LogP) is 2.89. The highest BCUT2D eigenvalue weighted by Crippen LogP contribution is 2.21. The average Bonchev–Trinajstić information content (AvgIpc) is 3.11. The Morgan fingerprint density at radius 2 is 1.56 bits per heavy atom. The van der Waals surface area contributed by atoms with Gasteiger partial charge in [0.15, 0.2) is 0 Å². The highest BCUT2D eigenvalue weighted by molar-refractivity contribution is 7.91.